The molecule has 2 aliphatic heterocycles. The maximum absolute atomic E-state index is 14.3. The van der Waals surface area contributed by atoms with E-state index in [0.717, 1.165) is 4.90 Å². The molecular weight excluding hydrogens is 315 g/mol. The van der Waals surface area contributed by atoms with Crippen molar-refractivity contribution in [2.45, 2.75) is 25.4 Å². The van der Waals surface area contributed by atoms with Gasteiger partial charge in [-0.1, -0.05) is 18.2 Å². The van der Waals surface area contributed by atoms with Crippen molar-refractivity contribution in [2.24, 2.45) is 11.8 Å². The minimum atomic E-state index is -1.26. The third kappa shape index (κ3) is 2.15. The van der Waals surface area contributed by atoms with Crippen molar-refractivity contribution < 1.29 is 28.8 Å². The van der Waals surface area contributed by atoms with Crippen molar-refractivity contribution in [1.82, 2.24) is 4.90 Å². The molecule has 0 aromatic heterocycles. The molecule has 7 heteroatoms. The summed E-state index contributed by atoms with van der Waals surface area (Å²) in [5.74, 6) is -3.47. The molecule has 1 aromatic rings. The third-order valence-electron chi connectivity index (χ3n) is 5.11. The Morgan fingerprint density at radius 2 is 2.00 bits per heavy atom. The molecule has 0 bridgehead atoms. The van der Waals surface area contributed by atoms with E-state index in [-0.39, 0.29) is 12.5 Å². The SMILES string of the molecule is CCOC(=O)[C@]1(C)[NH2+][C@@H](c2ccccc2F)[C@H]2C(=O)N(C)C(=O)[C@@H]21. The second kappa shape index (κ2) is 5.66. The number of benzene rings is 1. The van der Waals surface area contributed by atoms with E-state index in [1.165, 1.54) is 13.1 Å². The molecule has 0 spiro atoms. The van der Waals surface area contributed by atoms with E-state index in [1.54, 1.807) is 37.4 Å². The van der Waals surface area contributed by atoms with Crippen LogP contribution in [0.25, 0.3) is 0 Å². The number of ether oxygens (including phenoxy) is 1. The molecule has 2 aliphatic rings. The Kier molecular flexibility index (Phi) is 3.91. The second-order valence-corrected chi connectivity index (χ2v) is 6.46. The van der Waals surface area contributed by atoms with E-state index in [2.05, 4.69) is 0 Å². The van der Waals surface area contributed by atoms with Crippen LogP contribution in [0.5, 0.6) is 0 Å². The zero-order valence-electron chi connectivity index (χ0n) is 13.8. The number of likely N-dealkylation sites (tertiary alicyclic amines) is 1. The van der Waals surface area contributed by atoms with Crippen LogP contribution in [-0.2, 0) is 19.1 Å². The first-order chi connectivity index (χ1) is 11.3. The highest BCUT2D eigenvalue weighted by atomic mass is 19.1. The first-order valence-electron chi connectivity index (χ1n) is 7.92. The van der Waals surface area contributed by atoms with Gasteiger partial charge in [0, 0.05) is 19.5 Å². The summed E-state index contributed by atoms with van der Waals surface area (Å²) in [4.78, 5) is 38.7. The molecule has 128 valence electrons. The van der Waals surface area contributed by atoms with Gasteiger partial charge in [0.15, 0.2) is 0 Å². The average molecular weight is 335 g/mol. The van der Waals surface area contributed by atoms with Crippen molar-refractivity contribution in [3.05, 3.63) is 35.6 Å². The molecule has 3 rings (SSSR count). The van der Waals surface area contributed by atoms with Crippen LogP contribution in [0.1, 0.15) is 25.5 Å². The summed E-state index contributed by atoms with van der Waals surface area (Å²) >= 11 is 0. The minimum Gasteiger partial charge on any atom is -0.461 e. The Balaban J connectivity index is 2.10. The van der Waals surface area contributed by atoms with Gasteiger partial charge in [-0.15, -0.1) is 0 Å². The third-order valence-corrected chi connectivity index (χ3v) is 5.11. The van der Waals surface area contributed by atoms with Crippen molar-refractivity contribution in [3.63, 3.8) is 0 Å². The zero-order valence-corrected chi connectivity index (χ0v) is 13.8. The molecule has 2 fully saturated rings. The molecule has 2 heterocycles. The fourth-order valence-electron chi connectivity index (χ4n) is 3.92. The lowest BCUT2D eigenvalue weighted by atomic mass is 9.80. The smallest absolute Gasteiger partial charge is 0.368 e. The molecule has 1 aromatic carbocycles. The number of carbonyl (C=O) groups excluding carboxylic acids is 3. The Hall–Kier alpha value is -2.28. The largest absolute Gasteiger partial charge is 0.461 e. The van der Waals surface area contributed by atoms with Gasteiger partial charge in [-0.05, 0) is 13.0 Å². The van der Waals surface area contributed by atoms with Gasteiger partial charge in [0.2, 0.25) is 17.4 Å². The summed E-state index contributed by atoms with van der Waals surface area (Å²) in [6, 6.07) is 5.48. The number of amides is 2. The summed E-state index contributed by atoms with van der Waals surface area (Å²) in [5, 5.41) is 1.61. The number of fused-ring (bicyclic) bond motifs is 1. The van der Waals surface area contributed by atoms with Gasteiger partial charge in [-0.25, -0.2) is 9.18 Å². The van der Waals surface area contributed by atoms with Gasteiger partial charge in [0.1, 0.15) is 23.7 Å². The van der Waals surface area contributed by atoms with Crippen LogP contribution >= 0.6 is 0 Å². The fraction of sp³-hybridized carbons (Fsp3) is 0.471. The van der Waals surface area contributed by atoms with Crippen LogP contribution in [0.4, 0.5) is 4.39 Å². The van der Waals surface area contributed by atoms with Crippen LogP contribution in [0.15, 0.2) is 24.3 Å². The maximum Gasteiger partial charge on any atom is 0.368 e. The van der Waals surface area contributed by atoms with Crippen LogP contribution in [-0.4, -0.2) is 41.9 Å². The van der Waals surface area contributed by atoms with Crippen LogP contribution < -0.4 is 5.32 Å². The highest BCUT2D eigenvalue weighted by molar-refractivity contribution is 6.08. The van der Waals surface area contributed by atoms with Crippen LogP contribution in [0.3, 0.4) is 0 Å². The summed E-state index contributed by atoms with van der Waals surface area (Å²) in [6.45, 7) is 3.44. The average Bonchev–Trinajstić information content (AvgIpc) is 2.98. The molecule has 2 N–H and O–H groups in total. The Morgan fingerprint density at radius 1 is 1.33 bits per heavy atom. The molecule has 0 unspecified atom stereocenters. The number of hydrogen-bond donors (Lipinski definition) is 1. The summed E-state index contributed by atoms with van der Waals surface area (Å²) in [7, 11) is 1.40. The number of halogens is 1. The lowest BCUT2D eigenvalue weighted by molar-refractivity contribution is -0.731. The van der Waals surface area contributed by atoms with E-state index < -0.39 is 41.1 Å². The van der Waals surface area contributed by atoms with E-state index in [0.29, 0.717) is 5.56 Å². The normalized spacial score (nSPS) is 32.2. The van der Waals surface area contributed by atoms with Gasteiger partial charge in [0.25, 0.3) is 0 Å². The minimum absolute atomic E-state index is 0.169. The molecular formula is C17H20FN2O4+. The van der Waals surface area contributed by atoms with Crippen molar-refractivity contribution >= 4 is 17.8 Å². The van der Waals surface area contributed by atoms with Gasteiger partial charge in [-0.3, -0.25) is 14.5 Å². The van der Waals surface area contributed by atoms with Gasteiger partial charge >= 0.3 is 5.97 Å². The van der Waals surface area contributed by atoms with Crippen molar-refractivity contribution in [1.29, 1.82) is 0 Å². The Labute approximate surface area is 139 Å². The number of carbonyl (C=O) groups is 3. The predicted molar refractivity (Wildman–Crippen MR) is 80.9 cm³/mol. The quantitative estimate of drug-likeness (QED) is 0.623. The zero-order chi connectivity index (χ0) is 17.6. The molecule has 2 amide bonds. The predicted octanol–water partition coefficient (Wildman–Crippen LogP) is -0.00340. The fourth-order valence-corrected chi connectivity index (χ4v) is 3.92. The number of quaternary nitrogens is 1. The Bertz CT molecular complexity index is 722. The van der Waals surface area contributed by atoms with Gasteiger partial charge in [0.05, 0.1) is 6.61 Å². The number of rotatable bonds is 3. The molecule has 0 saturated carbocycles. The highest BCUT2D eigenvalue weighted by Crippen LogP contribution is 2.44. The summed E-state index contributed by atoms with van der Waals surface area (Å²) < 4.78 is 19.4. The second-order valence-electron chi connectivity index (χ2n) is 6.46. The van der Waals surface area contributed by atoms with E-state index in [9.17, 15) is 18.8 Å². The topological polar surface area (TPSA) is 80.3 Å². The number of nitrogens with two attached hydrogens (primary N) is 1. The molecule has 4 atom stereocenters. The van der Waals surface area contributed by atoms with Crippen LogP contribution in [0.2, 0.25) is 0 Å². The monoisotopic (exact) mass is 335 g/mol. The molecule has 0 radical (unpaired) electrons. The molecule has 0 aliphatic carbocycles. The van der Waals surface area contributed by atoms with E-state index in [4.69, 9.17) is 4.74 Å². The standard InChI is InChI=1S/C17H19FN2O4/c1-4-24-16(23)17(2)12-11(14(21)20(3)15(12)22)13(19-17)9-7-5-6-8-10(9)18/h5-8,11-13,19H,4H2,1-3H3/p+1/t11-,12+,13-,17+/m0/s1. The van der Waals surface area contributed by atoms with Crippen molar-refractivity contribution in [2.75, 3.05) is 13.7 Å². The van der Waals surface area contributed by atoms with Gasteiger partial charge in [-0.2, -0.15) is 0 Å². The lowest BCUT2D eigenvalue weighted by Crippen LogP contribution is -2.97. The van der Waals surface area contributed by atoms with Crippen LogP contribution in [0, 0.1) is 17.7 Å². The van der Waals surface area contributed by atoms with E-state index >= 15 is 0 Å². The summed E-state index contributed by atoms with van der Waals surface area (Å²) in [5.41, 5.74) is -0.942. The maximum atomic E-state index is 14.3. The van der Waals surface area contributed by atoms with Crippen molar-refractivity contribution in [3.8, 4) is 0 Å². The first kappa shape index (κ1) is 16.6. The molecule has 6 nitrogen and oxygen atoms in total. The number of esters is 1. The van der Waals surface area contributed by atoms with Gasteiger partial charge < -0.3 is 10.1 Å². The first-order valence-corrected chi connectivity index (χ1v) is 7.92. The Morgan fingerprint density at radius 3 is 2.62 bits per heavy atom. The summed E-state index contributed by atoms with van der Waals surface area (Å²) in [6.07, 6.45) is 0. The number of nitrogens with zero attached hydrogens (tertiary/aromatic N) is 1. The highest BCUT2D eigenvalue weighted by Gasteiger charge is 2.70. The molecule has 2 saturated heterocycles. The molecule has 24 heavy (non-hydrogen) atoms. The number of hydrogen-bond acceptors (Lipinski definition) is 4. The van der Waals surface area contributed by atoms with E-state index in [1.807, 2.05) is 0 Å². The lowest BCUT2D eigenvalue weighted by Gasteiger charge is -2.25. The number of imide groups is 1.